The number of aliphatic carboxylic acids is 1. The number of rotatable bonds is 5. The molecule has 8 heteroatoms. The fourth-order valence-corrected chi connectivity index (χ4v) is 1.53. The van der Waals surface area contributed by atoms with Gasteiger partial charge in [0.15, 0.2) is 0 Å². The minimum atomic E-state index is -1.08. The van der Waals surface area contributed by atoms with Crippen LogP contribution in [-0.4, -0.2) is 31.8 Å². The molecule has 1 aromatic rings. The van der Waals surface area contributed by atoms with E-state index in [0.29, 0.717) is 0 Å². The second-order valence-corrected chi connectivity index (χ2v) is 4.28. The lowest BCUT2D eigenvalue weighted by atomic mass is 10.3. The van der Waals surface area contributed by atoms with Crippen molar-refractivity contribution >= 4 is 17.5 Å². The summed E-state index contributed by atoms with van der Waals surface area (Å²) in [4.78, 5) is 21.2. The maximum absolute atomic E-state index is 11.0. The second kappa shape index (κ2) is 5.03. The minimum absolute atomic E-state index is 0.110. The number of aryl methyl sites for hydroxylation is 1. The van der Waals surface area contributed by atoms with Gasteiger partial charge in [0.05, 0.1) is 4.92 Å². The van der Waals surface area contributed by atoms with E-state index in [1.165, 1.54) is 18.5 Å². The molecule has 0 bridgehead atoms. The molecule has 0 amide bonds. The molecular weight excluding hydrogens is 240 g/mol. The lowest BCUT2D eigenvalue weighted by molar-refractivity contribution is -0.384. The lowest BCUT2D eigenvalue weighted by Gasteiger charge is -2.14. The van der Waals surface area contributed by atoms with Gasteiger partial charge in [0, 0.05) is 6.04 Å². The Morgan fingerprint density at radius 3 is 2.44 bits per heavy atom. The van der Waals surface area contributed by atoms with E-state index >= 15 is 0 Å². The molecule has 1 unspecified atom stereocenters. The van der Waals surface area contributed by atoms with Gasteiger partial charge < -0.3 is 10.4 Å². The Morgan fingerprint density at radius 2 is 2.06 bits per heavy atom. The number of nitro groups is 1. The van der Waals surface area contributed by atoms with Gasteiger partial charge in [-0.25, -0.2) is 4.68 Å². The normalized spacial score (nSPS) is 12.5. The molecule has 0 spiro atoms. The molecule has 0 aliphatic carbocycles. The summed E-state index contributed by atoms with van der Waals surface area (Å²) < 4.78 is 1.42. The van der Waals surface area contributed by atoms with Gasteiger partial charge in [-0.2, -0.15) is 5.10 Å². The molecule has 1 heterocycles. The van der Waals surface area contributed by atoms with Crippen LogP contribution in [0.15, 0.2) is 0 Å². The van der Waals surface area contributed by atoms with Crippen LogP contribution in [0.25, 0.3) is 0 Å². The first-order chi connectivity index (χ1) is 8.25. The summed E-state index contributed by atoms with van der Waals surface area (Å²) in [6, 6.07) is -1.04. The predicted molar refractivity (Wildman–Crippen MR) is 64.7 cm³/mol. The van der Waals surface area contributed by atoms with Crippen molar-refractivity contribution in [3.05, 3.63) is 15.8 Å². The molecule has 0 saturated heterocycles. The molecule has 1 aromatic heterocycles. The van der Waals surface area contributed by atoms with Crippen molar-refractivity contribution in [2.24, 2.45) is 0 Å². The van der Waals surface area contributed by atoms with Gasteiger partial charge in [-0.1, -0.05) is 0 Å². The number of nitrogens with zero attached hydrogens (tertiary/aromatic N) is 3. The van der Waals surface area contributed by atoms with Gasteiger partial charge in [0.2, 0.25) is 5.82 Å². The van der Waals surface area contributed by atoms with Crippen molar-refractivity contribution in [1.29, 1.82) is 0 Å². The van der Waals surface area contributed by atoms with Crippen LogP contribution in [0, 0.1) is 17.0 Å². The van der Waals surface area contributed by atoms with Crippen molar-refractivity contribution in [1.82, 2.24) is 9.78 Å². The number of aromatic nitrogens is 2. The molecule has 2 N–H and O–H groups in total. The van der Waals surface area contributed by atoms with E-state index in [1.54, 1.807) is 0 Å². The summed E-state index contributed by atoms with van der Waals surface area (Å²) in [5, 5.41) is 26.5. The molecule has 0 aromatic carbocycles. The SMILES string of the molecule is Cc1nn(C(C)C)c(NC(C)C(=O)O)c1[N+](=O)[O-]. The van der Waals surface area contributed by atoms with Crippen molar-refractivity contribution in [3.8, 4) is 0 Å². The number of nitrogens with one attached hydrogen (secondary N) is 1. The van der Waals surface area contributed by atoms with E-state index < -0.39 is 16.9 Å². The molecule has 0 aliphatic rings. The lowest BCUT2D eigenvalue weighted by Crippen LogP contribution is -2.27. The van der Waals surface area contributed by atoms with Gasteiger partial charge in [-0.05, 0) is 27.7 Å². The maximum Gasteiger partial charge on any atom is 0.333 e. The molecule has 0 saturated carbocycles. The summed E-state index contributed by atoms with van der Waals surface area (Å²) in [5.74, 6) is -0.958. The highest BCUT2D eigenvalue weighted by Crippen LogP contribution is 2.30. The zero-order valence-electron chi connectivity index (χ0n) is 10.7. The van der Waals surface area contributed by atoms with E-state index in [1.807, 2.05) is 13.8 Å². The Kier molecular flexibility index (Phi) is 3.89. The summed E-state index contributed by atoms with van der Waals surface area (Å²) in [5.41, 5.74) is 0.0746. The minimum Gasteiger partial charge on any atom is -0.480 e. The average molecular weight is 256 g/mol. The van der Waals surface area contributed by atoms with E-state index in [4.69, 9.17) is 5.11 Å². The smallest absolute Gasteiger partial charge is 0.333 e. The van der Waals surface area contributed by atoms with Crippen LogP contribution in [0.4, 0.5) is 11.5 Å². The van der Waals surface area contributed by atoms with Crippen molar-refractivity contribution < 1.29 is 14.8 Å². The van der Waals surface area contributed by atoms with E-state index in [9.17, 15) is 14.9 Å². The van der Waals surface area contributed by atoms with Crippen LogP contribution in [0.1, 0.15) is 32.5 Å². The highest BCUT2D eigenvalue weighted by atomic mass is 16.6. The van der Waals surface area contributed by atoms with Crippen LogP contribution in [0.5, 0.6) is 0 Å². The van der Waals surface area contributed by atoms with Gasteiger partial charge in [-0.3, -0.25) is 14.9 Å². The quantitative estimate of drug-likeness (QED) is 0.611. The molecule has 1 atom stereocenters. The van der Waals surface area contributed by atoms with Crippen molar-refractivity contribution in [2.75, 3.05) is 5.32 Å². The molecular formula is C10H16N4O4. The summed E-state index contributed by atoms with van der Waals surface area (Å²) >= 11 is 0. The van der Waals surface area contributed by atoms with E-state index in [-0.39, 0.29) is 23.2 Å². The average Bonchev–Trinajstić information content (AvgIpc) is 2.55. The Hall–Kier alpha value is -2.12. The summed E-state index contributed by atoms with van der Waals surface area (Å²) in [7, 11) is 0. The Labute approximate surface area is 104 Å². The zero-order valence-corrected chi connectivity index (χ0v) is 10.7. The standard InChI is InChI=1S/C10H16N4O4/c1-5(2)13-9(11-7(4)10(15)16)8(14(17)18)6(3)12-13/h5,7,11H,1-4H3,(H,15,16). The molecule has 0 aliphatic heterocycles. The highest BCUT2D eigenvalue weighted by molar-refractivity contribution is 5.77. The number of hydrogen-bond donors (Lipinski definition) is 2. The number of anilines is 1. The third-order valence-corrected chi connectivity index (χ3v) is 2.45. The molecule has 0 radical (unpaired) electrons. The van der Waals surface area contributed by atoms with E-state index in [2.05, 4.69) is 10.4 Å². The van der Waals surface area contributed by atoms with Gasteiger partial charge in [-0.15, -0.1) is 0 Å². The topological polar surface area (TPSA) is 110 Å². The number of hydrogen-bond acceptors (Lipinski definition) is 5. The van der Waals surface area contributed by atoms with Crippen LogP contribution in [0.2, 0.25) is 0 Å². The third-order valence-electron chi connectivity index (χ3n) is 2.45. The zero-order chi connectivity index (χ0) is 14.0. The Balaban J connectivity index is 3.28. The van der Waals surface area contributed by atoms with Crippen molar-refractivity contribution in [3.63, 3.8) is 0 Å². The number of carboxylic acids is 1. The van der Waals surface area contributed by atoms with Gasteiger partial charge >= 0.3 is 11.7 Å². The first-order valence-corrected chi connectivity index (χ1v) is 5.48. The molecule has 100 valence electrons. The monoisotopic (exact) mass is 256 g/mol. The van der Waals surface area contributed by atoms with Crippen LogP contribution >= 0.6 is 0 Å². The van der Waals surface area contributed by atoms with Crippen LogP contribution < -0.4 is 5.32 Å². The largest absolute Gasteiger partial charge is 0.480 e. The molecule has 0 fully saturated rings. The highest BCUT2D eigenvalue weighted by Gasteiger charge is 2.28. The predicted octanol–water partition coefficient (Wildman–Crippen LogP) is 1.57. The Bertz CT molecular complexity index is 480. The van der Waals surface area contributed by atoms with Crippen molar-refractivity contribution in [2.45, 2.75) is 39.8 Å². The first kappa shape index (κ1) is 13.9. The first-order valence-electron chi connectivity index (χ1n) is 5.48. The van der Waals surface area contributed by atoms with Crippen LogP contribution in [-0.2, 0) is 4.79 Å². The van der Waals surface area contributed by atoms with Crippen LogP contribution in [0.3, 0.4) is 0 Å². The maximum atomic E-state index is 11.0. The fraction of sp³-hybridized carbons (Fsp3) is 0.600. The van der Waals surface area contributed by atoms with E-state index in [0.717, 1.165) is 0 Å². The molecule has 1 rings (SSSR count). The molecule has 8 nitrogen and oxygen atoms in total. The number of carboxylic acid groups (broad SMARTS) is 1. The molecule has 18 heavy (non-hydrogen) atoms. The summed E-state index contributed by atoms with van der Waals surface area (Å²) in [6.45, 7) is 6.56. The Morgan fingerprint density at radius 1 is 1.50 bits per heavy atom. The van der Waals surface area contributed by atoms with Gasteiger partial charge in [0.1, 0.15) is 11.7 Å². The number of carbonyl (C=O) groups is 1. The third kappa shape index (κ3) is 2.58. The fourth-order valence-electron chi connectivity index (χ4n) is 1.53. The second-order valence-electron chi connectivity index (χ2n) is 4.28. The summed E-state index contributed by atoms with van der Waals surface area (Å²) in [6.07, 6.45) is 0. The van der Waals surface area contributed by atoms with Gasteiger partial charge in [0.25, 0.3) is 0 Å².